The number of hydrogen-bond donors (Lipinski definition) is 1. The molecule has 0 aliphatic heterocycles. The molecule has 1 nitrogen and oxygen atoms in total. The first-order valence-electron chi connectivity index (χ1n) is 6.94. The van der Waals surface area contributed by atoms with Crippen molar-refractivity contribution in [1.82, 2.24) is 0 Å². The number of hydrogen-bond acceptors (Lipinski definition) is 1. The molecule has 3 fully saturated rings. The Balaban J connectivity index is 1.92. The molecular weight excluding hydrogens is 196 g/mol. The molecule has 3 saturated carbocycles. The SMILES string of the molecule is C=C1CC(O)(C2CC2)C(C)C2C(C)CCC12. The van der Waals surface area contributed by atoms with Crippen molar-refractivity contribution in [3.8, 4) is 0 Å². The summed E-state index contributed by atoms with van der Waals surface area (Å²) in [7, 11) is 0. The van der Waals surface area contributed by atoms with Gasteiger partial charge in [0.05, 0.1) is 5.60 Å². The first-order valence-corrected chi connectivity index (χ1v) is 6.94. The molecule has 0 amide bonds. The lowest BCUT2D eigenvalue weighted by molar-refractivity contribution is -0.0830. The van der Waals surface area contributed by atoms with Crippen molar-refractivity contribution >= 4 is 0 Å². The fourth-order valence-corrected chi connectivity index (χ4v) is 4.63. The maximum Gasteiger partial charge on any atom is 0.0741 e. The lowest BCUT2D eigenvalue weighted by Gasteiger charge is -2.47. The van der Waals surface area contributed by atoms with Crippen LogP contribution in [0.4, 0.5) is 0 Å². The van der Waals surface area contributed by atoms with Gasteiger partial charge in [-0.15, -0.1) is 0 Å². The highest BCUT2D eigenvalue weighted by atomic mass is 16.3. The molecule has 0 spiro atoms. The largest absolute Gasteiger partial charge is 0.389 e. The van der Waals surface area contributed by atoms with Crippen molar-refractivity contribution in [3.63, 3.8) is 0 Å². The van der Waals surface area contributed by atoms with Crippen LogP contribution in [0.5, 0.6) is 0 Å². The van der Waals surface area contributed by atoms with E-state index in [2.05, 4.69) is 20.4 Å². The summed E-state index contributed by atoms with van der Waals surface area (Å²) in [6.45, 7) is 8.94. The van der Waals surface area contributed by atoms with Crippen molar-refractivity contribution in [2.45, 2.75) is 51.6 Å². The highest BCUT2D eigenvalue weighted by Gasteiger charge is 2.56. The smallest absolute Gasteiger partial charge is 0.0741 e. The first-order chi connectivity index (χ1) is 7.54. The Bertz CT molecular complexity index is 317. The Morgan fingerprint density at radius 3 is 2.50 bits per heavy atom. The quantitative estimate of drug-likeness (QED) is 0.672. The van der Waals surface area contributed by atoms with Crippen molar-refractivity contribution in [3.05, 3.63) is 12.2 Å². The maximum absolute atomic E-state index is 11.0. The van der Waals surface area contributed by atoms with E-state index in [1.165, 1.54) is 31.3 Å². The summed E-state index contributed by atoms with van der Waals surface area (Å²) in [6.07, 6.45) is 6.00. The molecule has 0 heterocycles. The van der Waals surface area contributed by atoms with Crippen molar-refractivity contribution in [2.24, 2.45) is 29.6 Å². The molecule has 90 valence electrons. The van der Waals surface area contributed by atoms with Crippen LogP contribution in [0.15, 0.2) is 12.2 Å². The van der Waals surface area contributed by atoms with Gasteiger partial charge in [0.1, 0.15) is 0 Å². The normalized spacial score (nSPS) is 52.8. The van der Waals surface area contributed by atoms with Crippen LogP contribution in [0.3, 0.4) is 0 Å². The average molecular weight is 220 g/mol. The van der Waals surface area contributed by atoms with E-state index in [4.69, 9.17) is 0 Å². The van der Waals surface area contributed by atoms with E-state index >= 15 is 0 Å². The number of fused-ring (bicyclic) bond motifs is 1. The summed E-state index contributed by atoms with van der Waals surface area (Å²) in [4.78, 5) is 0. The standard InChI is InChI=1S/C15H24O/c1-9-4-7-13-10(2)8-15(16,12-5-6-12)11(3)14(9)13/h9,11-14,16H,2,4-8H2,1,3H3. The topological polar surface area (TPSA) is 20.2 Å². The van der Waals surface area contributed by atoms with E-state index in [9.17, 15) is 5.11 Å². The third-order valence-electron chi connectivity index (χ3n) is 5.74. The third kappa shape index (κ3) is 1.33. The summed E-state index contributed by atoms with van der Waals surface area (Å²) in [5, 5.41) is 11.0. The highest BCUT2D eigenvalue weighted by Crippen LogP contribution is 2.59. The van der Waals surface area contributed by atoms with E-state index in [1.807, 2.05) is 0 Å². The summed E-state index contributed by atoms with van der Waals surface area (Å²) >= 11 is 0. The van der Waals surface area contributed by atoms with Gasteiger partial charge in [0.2, 0.25) is 0 Å². The second-order valence-corrected chi connectivity index (χ2v) is 6.63. The van der Waals surface area contributed by atoms with E-state index in [-0.39, 0.29) is 0 Å². The van der Waals surface area contributed by atoms with Gasteiger partial charge in [-0.2, -0.15) is 0 Å². The minimum Gasteiger partial charge on any atom is -0.389 e. The molecule has 5 unspecified atom stereocenters. The van der Waals surface area contributed by atoms with E-state index < -0.39 is 5.60 Å². The molecular formula is C15H24O. The van der Waals surface area contributed by atoms with Gasteiger partial charge in [0.25, 0.3) is 0 Å². The summed E-state index contributed by atoms with van der Waals surface area (Å²) in [6, 6.07) is 0. The second-order valence-electron chi connectivity index (χ2n) is 6.63. The number of rotatable bonds is 1. The van der Waals surface area contributed by atoms with E-state index in [0.29, 0.717) is 23.7 Å². The molecule has 0 saturated heterocycles. The Hall–Kier alpha value is -0.300. The molecule has 16 heavy (non-hydrogen) atoms. The zero-order chi connectivity index (χ0) is 11.5. The summed E-state index contributed by atoms with van der Waals surface area (Å²) in [5.41, 5.74) is 0.943. The van der Waals surface area contributed by atoms with Gasteiger partial charge in [0, 0.05) is 0 Å². The molecule has 0 aromatic carbocycles. The third-order valence-corrected chi connectivity index (χ3v) is 5.74. The zero-order valence-electron chi connectivity index (χ0n) is 10.6. The predicted octanol–water partition coefficient (Wildman–Crippen LogP) is 3.39. The van der Waals surface area contributed by atoms with Crippen LogP contribution in [-0.2, 0) is 0 Å². The lowest BCUT2D eigenvalue weighted by Crippen LogP contribution is -2.49. The minimum absolute atomic E-state index is 0.406. The lowest BCUT2D eigenvalue weighted by atomic mass is 9.61. The van der Waals surface area contributed by atoms with Crippen LogP contribution < -0.4 is 0 Å². The molecule has 1 N–H and O–H groups in total. The van der Waals surface area contributed by atoms with Crippen LogP contribution >= 0.6 is 0 Å². The molecule has 3 rings (SSSR count). The Morgan fingerprint density at radius 2 is 1.88 bits per heavy atom. The van der Waals surface area contributed by atoms with Crippen LogP contribution in [0.1, 0.15) is 46.0 Å². The van der Waals surface area contributed by atoms with Gasteiger partial charge < -0.3 is 5.11 Å². The molecule has 0 radical (unpaired) electrons. The van der Waals surface area contributed by atoms with Crippen molar-refractivity contribution in [1.29, 1.82) is 0 Å². The van der Waals surface area contributed by atoms with Crippen LogP contribution in [0.2, 0.25) is 0 Å². The Kier molecular flexibility index (Phi) is 2.27. The monoisotopic (exact) mass is 220 g/mol. The molecule has 5 atom stereocenters. The predicted molar refractivity (Wildman–Crippen MR) is 66.0 cm³/mol. The fourth-order valence-electron chi connectivity index (χ4n) is 4.63. The van der Waals surface area contributed by atoms with Crippen LogP contribution in [0, 0.1) is 29.6 Å². The van der Waals surface area contributed by atoms with Crippen molar-refractivity contribution in [2.75, 3.05) is 0 Å². The minimum atomic E-state index is -0.406. The molecule has 1 heteroatoms. The fraction of sp³-hybridized carbons (Fsp3) is 0.867. The zero-order valence-corrected chi connectivity index (χ0v) is 10.6. The van der Waals surface area contributed by atoms with Gasteiger partial charge in [-0.3, -0.25) is 0 Å². The first kappa shape index (κ1) is 10.8. The van der Waals surface area contributed by atoms with Gasteiger partial charge in [-0.25, -0.2) is 0 Å². The van der Waals surface area contributed by atoms with Gasteiger partial charge in [-0.1, -0.05) is 26.0 Å². The molecule has 0 aromatic heterocycles. The molecule has 0 aromatic rings. The average Bonchev–Trinajstić information content (AvgIpc) is 3.00. The summed E-state index contributed by atoms with van der Waals surface area (Å²) in [5.74, 6) is 3.25. The molecule has 0 bridgehead atoms. The molecule has 3 aliphatic rings. The number of aliphatic hydroxyl groups is 1. The van der Waals surface area contributed by atoms with Crippen LogP contribution in [-0.4, -0.2) is 10.7 Å². The second kappa shape index (κ2) is 3.35. The Labute approximate surface area is 98.9 Å². The Morgan fingerprint density at radius 1 is 1.19 bits per heavy atom. The molecule has 3 aliphatic carbocycles. The van der Waals surface area contributed by atoms with Gasteiger partial charge in [-0.05, 0) is 61.7 Å². The maximum atomic E-state index is 11.0. The van der Waals surface area contributed by atoms with Gasteiger partial charge in [0.15, 0.2) is 0 Å². The van der Waals surface area contributed by atoms with Gasteiger partial charge >= 0.3 is 0 Å². The van der Waals surface area contributed by atoms with E-state index in [0.717, 1.165) is 12.3 Å². The van der Waals surface area contributed by atoms with E-state index in [1.54, 1.807) is 0 Å². The summed E-state index contributed by atoms with van der Waals surface area (Å²) < 4.78 is 0. The highest BCUT2D eigenvalue weighted by molar-refractivity contribution is 5.20. The van der Waals surface area contributed by atoms with Crippen molar-refractivity contribution < 1.29 is 5.11 Å². The van der Waals surface area contributed by atoms with Crippen LogP contribution in [0.25, 0.3) is 0 Å².